The first-order valence-corrected chi connectivity index (χ1v) is 8.52. The Morgan fingerprint density at radius 1 is 1.08 bits per heavy atom. The summed E-state index contributed by atoms with van der Waals surface area (Å²) in [6, 6.07) is 14.9. The smallest absolute Gasteiger partial charge is 0.342 e. The second kappa shape index (κ2) is 8.29. The molecule has 0 atom stereocenters. The van der Waals surface area contributed by atoms with Crippen molar-refractivity contribution in [2.45, 2.75) is 26.9 Å². The van der Waals surface area contributed by atoms with Gasteiger partial charge in [0.2, 0.25) is 5.82 Å². The number of hydrogen-bond donors (Lipinski definition) is 0. The van der Waals surface area contributed by atoms with Crippen LogP contribution < -0.4 is 4.74 Å². The van der Waals surface area contributed by atoms with E-state index in [-0.39, 0.29) is 12.5 Å². The highest BCUT2D eigenvalue weighted by Crippen LogP contribution is 2.20. The average Bonchev–Trinajstić information content (AvgIpc) is 3.16. The van der Waals surface area contributed by atoms with Gasteiger partial charge < -0.3 is 14.0 Å². The number of carbonyl (C=O) groups is 1. The van der Waals surface area contributed by atoms with E-state index in [0.717, 1.165) is 12.0 Å². The van der Waals surface area contributed by atoms with Gasteiger partial charge in [0.05, 0.1) is 6.61 Å². The molecule has 1 aromatic heterocycles. The number of carbonyl (C=O) groups excluding carboxylic acids is 1. The van der Waals surface area contributed by atoms with Gasteiger partial charge in [-0.3, -0.25) is 0 Å². The predicted octanol–water partition coefficient (Wildman–Crippen LogP) is 4.05. The first-order valence-electron chi connectivity index (χ1n) is 8.52. The van der Waals surface area contributed by atoms with Crippen LogP contribution in [0.4, 0.5) is 0 Å². The first kappa shape index (κ1) is 17.7. The van der Waals surface area contributed by atoms with Gasteiger partial charge in [0, 0.05) is 5.56 Å². The molecule has 3 aromatic rings. The molecule has 0 bridgehead atoms. The molecule has 1 heterocycles. The lowest BCUT2D eigenvalue weighted by Gasteiger charge is -2.08. The summed E-state index contributed by atoms with van der Waals surface area (Å²) in [7, 11) is 0. The highest BCUT2D eigenvalue weighted by atomic mass is 16.6. The number of hydrogen-bond acceptors (Lipinski definition) is 6. The van der Waals surface area contributed by atoms with Crippen molar-refractivity contribution in [3.8, 4) is 17.1 Å². The lowest BCUT2D eigenvalue weighted by atomic mass is 10.1. The highest BCUT2D eigenvalue weighted by Gasteiger charge is 2.16. The lowest BCUT2D eigenvalue weighted by Crippen LogP contribution is -2.08. The molecular formula is C20H20N2O4. The molecule has 0 N–H and O–H groups in total. The van der Waals surface area contributed by atoms with Gasteiger partial charge in [0.25, 0.3) is 5.89 Å². The van der Waals surface area contributed by atoms with Crippen LogP contribution >= 0.6 is 0 Å². The Hall–Kier alpha value is -3.15. The predicted molar refractivity (Wildman–Crippen MR) is 95.8 cm³/mol. The fourth-order valence-corrected chi connectivity index (χ4v) is 2.44. The molecule has 0 saturated carbocycles. The number of esters is 1. The number of ether oxygens (including phenoxy) is 2. The Balaban J connectivity index is 1.65. The van der Waals surface area contributed by atoms with Gasteiger partial charge >= 0.3 is 5.97 Å². The third-order valence-electron chi connectivity index (χ3n) is 3.82. The van der Waals surface area contributed by atoms with E-state index in [9.17, 15) is 4.79 Å². The van der Waals surface area contributed by atoms with E-state index >= 15 is 0 Å². The van der Waals surface area contributed by atoms with Crippen molar-refractivity contribution in [3.05, 3.63) is 65.5 Å². The van der Waals surface area contributed by atoms with Crippen molar-refractivity contribution in [2.24, 2.45) is 0 Å². The number of aromatic nitrogens is 2. The third-order valence-corrected chi connectivity index (χ3v) is 3.82. The molecule has 0 radical (unpaired) electrons. The maximum atomic E-state index is 12.3. The number of aryl methyl sites for hydroxylation is 1. The minimum atomic E-state index is -0.499. The second-order valence-corrected chi connectivity index (χ2v) is 5.57. The van der Waals surface area contributed by atoms with Crippen LogP contribution in [0.3, 0.4) is 0 Å². The number of benzene rings is 2. The Labute approximate surface area is 151 Å². The lowest BCUT2D eigenvalue weighted by molar-refractivity contribution is 0.0425. The van der Waals surface area contributed by atoms with E-state index in [2.05, 4.69) is 17.1 Å². The van der Waals surface area contributed by atoms with E-state index in [1.165, 1.54) is 5.56 Å². The normalized spacial score (nSPS) is 10.5. The Morgan fingerprint density at radius 3 is 2.58 bits per heavy atom. The van der Waals surface area contributed by atoms with Gasteiger partial charge in [0.1, 0.15) is 11.3 Å². The molecule has 0 aliphatic heterocycles. The molecule has 3 rings (SSSR count). The summed E-state index contributed by atoms with van der Waals surface area (Å²) in [4.78, 5) is 16.5. The molecule has 26 heavy (non-hydrogen) atoms. The van der Waals surface area contributed by atoms with Crippen molar-refractivity contribution in [1.82, 2.24) is 10.1 Å². The molecule has 0 unspecified atom stereocenters. The Morgan fingerprint density at radius 2 is 1.85 bits per heavy atom. The average molecular weight is 352 g/mol. The van der Waals surface area contributed by atoms with Gasteiger partial charge in [-0.15, -0.1) is 0 Å². The quantitative estimate of drug-likeness (QED) is 0.597. The van der Waals surface area contributed by atoms with Crippen LogP contribution in [0.1, 0.15) is 35.7 Å². The summed E-state index contributed by atoms with van der Waals surface area (Å²) in [5.74, 6) is 0.693. The van der Waals surface area contributed by atoms with Crippen molar-refractivity contribution in [1.29, 1.82) is 0 Å². The molecule has 0 aliphatic carbocycles. The van der Waals surface area contributed by atoms with E-state index < -0.39 is 5.97 Å². The molecule has 0 aliphatic rings. The van der Waals surface area contributed by atoms with Gasteiger partial charge in [-0.05, 0) is 31.0 Å². The molecule has 0 amide bonds. The Bertz CT molecular complexity index is 872. The van der Waals surface area contributed by atoms with Crippen LogP contribution in [0.25, 0.3) is 11.4 Å². The van der Waals surface area contributed by atoms with E-state index in [1.54, 1.807) is 24.3 Å². The van der Waals surface area contributed by atoms with Crippen molar-refractivity contribution in [3.63, 3.8) is 0 Å². The first-order chi connectivity index (χ1) is 12.7. The molecule has 0 fully saturated rings. The van der Waals surface area contributed by atoms with Crippen LogP contribution in [-0.2, 0) is 17.8 Å². The maximum absolute atomic E-state index is 12.3. The standard InChI is InChI=1S/C20H20N2O4/c1-3-14-9-11-15(12-10-14)19-21-18(26-22-19)13-25-20(23)16-7-5-6-8-17(16)24-4-2/h5-12H,3-4,13H2,1-2H3. The van der Waals surface area contributed by atoms with Crippen molar-refractivity contribution >= 4 is 5.97 Å². The monoisotopic (exact) mass is 352 g/mol. The zero-order valence-electron chi connectivity index (χ0n) is 14.8. The second-order valence-electron chi connectivity index (χ2n) is 5.57. The SMILES string of the molecule is CCOc1ccccc1C(=O)OCc1nc(-c2ccc(CC)cc2)no1. The maximum Gasteiger partial charge on any atom is 0.342 e. The molecular weight excluding hydrogens is 332 g/mol. The fraction of sp³-hybridized carbons (Fsp3) is 0.250. The molecule has 6 nitrogen and oxygen atoms in total. The zero-order chi connectivity index (χ0) is 18.4. The summed E-state index contributed by atoms with van der Waals surface area (Å²) in [6.07, 6.45) is 0.969. The summed E-state index contributed by atoms with van der Waals surface area (Å²) in [5.41, 5.74) is 2.45. The van der Waals surface area contributed by atoms with Crippen molar-refractivity contribution < 1.29 is 18.8 Å². The Kier molecular flexibility index (Phi) is 5.63. The van der Waals surface area contributed by atoms with E-state index in [1.807, 2.05) is 31.2 Å². The molecule has 0 saturated heterocycles. The van der Waals surface area contributed by atoms with Gasteiger partial charge in [-0.1, -0.05) is 48.5 Å². The molecule has 0 spiro atoms. The van der Waals surface area contributed by atoms with Gasteiger partial charge in [-0.2, -0.15) is 4.98 Å². The molecule has 6 heteroatoms. The topological polar surface area (TPSA) is 74.5 Å². The van der Waals surface area contributed by atoms with E-state index in [4.69, 9.17) is 14.0 Å². The summed E-state index contributed by atoms with van der Waals surface area (Å²) in [6.45, 7) is 4.32. The third kappa shape index (κ3) is 4.08. The van der Waals surface area contributed by atoms with Crippen LogP contribution in [0.15, 0.2) is 53.1 Å². The number of para-hydroxylation sites is 1. The largest absolute Gasteiger partial charge is 0.493 e. The highest BCUT2D eigenvalue weighted by molar-refractivity contribution is 5.92. The van der Waals surface area contributed by atoms with Crippen LogP contribution in [0.2, 0.25) is 0 Å². The summed E-state index contributed by atoms with van der Waals surface area (Å²) in [5, 5.41) is 3.94. The van der Waals surface area contributed by atoms with Crippen molar-refractivity contribution in [2.75, 3.05) is 6.61 Å². The van der Waals surface area contributed by atoms with Gasteiger partial charge in [0.15, 0.2) is 6.61 Å². The minimum Gasteiger partial charge on any atom is -0.493 e. The number of nitrogens with zero attached hydrogens (tertiary/aromatic N) is 2. The summed E-state index contributed by atoms with van der Waals surface area (Å²) >= 11 is 0. The summed E-state index contributed by atoms with van der Waals surface area (Å²) < 4.78 is 15.9. The van der Waals surface area contributed by atoms with Crippen LogP contribution in [0, 0.1) is 0 Å². The number of rotatable bonds is 7. The van der Waals surface area contributed by atoms with E-state index in [0.29, 0.717) is 23.7 Å². The van der Waals surface area contributed by atoms with Crippen LogP contribution in [-0.4, -0.2) is 22.7 Å². The zero-order valence-corrected chi connectivity index (χ0v) is 14.8. The molecule has 2 aromatic carbocycles. The minimum absolute atomic E-state index is 0.0979. The molecule has 134 valence electrons. The van der Waals surface area contributed by atoms with Gasteiger partial charge in [-0.25, -0.2) is 4.79 Å². The fourth-order valence-electron chi connectivity index (χ4n) is 2.44. The van der Waals surface area contributed by atoms with Crippen LogP contribution in [0.5, 0.6) is 5.75 Å².